The van der Waals surface area contributed by atoms with E-state index < -0.39 is 0 Å². The van der Waals surface area contributed by atoms with Gasteiger partial charge in [-0.25, -0.2) is 4.68 Å². The number of benzene rings is 1. The third kappa shape index (κ3) is 1.60. The minimum atomic E-state index is 0.254. The molecule has 2 aromatic rings. The molecule has 0 bridgehead atoms. The number of hydrogen-bond donors (Lipinski definition) is 3. The number of nitrogens with zero attached hydrogens (tertiary/aromatic N) is 2. The van der Waals surface area contributed by atoms with Gasteiger partial charge in [-0.05, 0) is 24.3 Å². The Morgan fingerprint density at radius 3 is 2.76 bits per heavy atom. The summed E-state index contributed by atoms with van der Waals surface area (Å²) in [5.41, 5.74) is 10.0. The first-order valence-electron chi connectivity index (χ1n) is 5.59. The van der Waals surface area contributed by atoms with Crippen LogP contribution in [0.5, 0.6) is 5.75 Å². The van der Waals surface area contributed by atoms with Crippen LogP contribution in [-0.2, 0) is 19.6 Å². The number of nitrogens with two attached hydrogens (primary N) is 1. The minimum Gasteiger partial charge on any atom is -0.508 e. The lowest BCUT2D eigenvalue weighted by Crippen LogP contribution is -2.12. The molecule has 1 aromatic carbocycles. The highest BCUT2D eigenvalue weighted by atomic mass is 16.3. The van der Waals surface area contributed by atoms with Gasteiger partial charge < -0.3 is 16.2 Å². The fraction of sp³-hybridized carbons (Fsp3) is 0.250. The highest BCUT2D eigenvalue weighted by molar-refractivity contribution is 5.41. The van der Waals surface area contributed by atoms with Crippen LogP contribution in [0.2, 0.25) is 0 Å². The molecule has 0 amide bonds. The van der Waals surface area contributed by atoms with Gasteiger partial charge in [-0.3, -0.25) is 0 Å². The van der Waals surface area contributed by atoms with Gasteiger partial charge in [-0.2, -0.15) is 5.10 Å². The molecule has 5 nitrogen and oxygen atoms in total. The van der Waals surface area contributed by atoms with E-state index in [-0.39, 0.29) is 5.75 Å². The van der Waals surface area contributed by atoms with Crippen LogP contribution >= 0.6 is 0 Å². The van der Waals surface area contributed by atoms with Gasteiger partial charge in [-0.1, -0.05) is 0 Å². The first-order valence-corrected chi connectivity index (χ1v) is 5.59. The van der Waals surface area contributed by atoms with E-state index in [4.69, 9.17) is 5.73 Å². The topological polar surface area (TPSA) is 76.1 Å². The van der Waals surface area contributed by atoms with E-state index in [1.165, 1.54) is 5.56 Å². The summed E-state index contributed by atoms with van der Waals surface area (Å²) in [7, 11) is 0. The standard InChI is InChI=1S/C12H14N4O/c13-5-12-10-6-14-7-11(10)15-16(12)8-1-3-9(17)4-2-8/h1-4,14,17H,5-7,13H2. The molecule has 88 valence electrons. The predicted molar refractivity (Wildman–Crippen MR) is 63.7 cm³/mol. The van der Waals surface area contributed by atoms with E-state index in [1.54, 1.807) is 12.1 Å². The van der Waals surface area contributed by atoms with Gasteiger partial charge in [0.1, 0.15) is 5.75 Å². The molecule has 0 atom stereocenters. The Labute approximate surface area is 98.9 Å². The summed E-state index contributed by atoms with van der Waals surface area (Å²) in [6, 6.07) is 6.98. The molecule has 17 heavy (non-hydrogen) atoms. The van der Waals surface area contributed by atoms with E-state index in [0.29, 0.717) is 6.54 Å². The summed E-state index contributed by atoms with van der Waals surface area (Å²) in [6.45, 7) is 2.10. The first kappa shape index (κ1) is 10.3. The number of aromatic hydroxyl groups is 1. The summed E-state index contributed by atoms with van der Waals surface area (Å²) < 4.78 is 1.87. The first-order chi connectivity index (χ1) is 8.29. The van der Waals surface area contributed by atoms with E-state index >= 15 is 0 Å². The third-order valence-corrected chi connectivity index (χ3v) is 3.05. The van der Waals surface area contributed by atoms with Gasteiger partial charge in [0.05, 0.1) is 17.1 Å². The average molecular weight is 230 g/mol. The lowest BCUT2D eigenvalue weighted by molar-refractivity contribution is 0.475. The monoisotopic (exact) mass is 230 g/mol. The zero-order valence-electron chi connectivity index (χ0n) is 9.35. The number of phenolic OH excluding ortho intramolecular Hbond substituents is 1. The number of hydrogen-bond acceptors (Lipinski definition) is 4. The van der Waals surface area contributed by atoms with E-state index in [0.717, 1.165) is 30.2 Å². The van der Waals surface area contributed by atoms with Crippen LogP contribution in [0, 0.1) is 0 Å². The molecule has 4 N–H and O–H groups in total. The predicted octanol–water partition coefficient (Wildman–Crippen LogP) is 0.640. The van der Waals surface area contributed by atoms with Crippen molar-refractivity contribution in [3.8, 4) is 11.4 Å². The normalized spacial score (nSPS) is 13.9. The van der Waals surface area contributed by atoms with Crippen molar-refractivity contribution < 1.29 is 5.11 Å². The molecule has 1 aliphatic heterocycles. The third-order valence-electron chi connectivity index (χ3n) is 3.05. The second-order valence-corrected chi connectivity index (χ2v) is 4.11. The highest BCUT2D eigenvalue weighted by Gasteiger charge is 2.21. The molecule has 0 saturated carbocycles. The fourth-order valence-corrected chi connectivity index (χ4v) is 2.20. The molecule has 1 aliphatic rings. The van der Waals surface area contributed by atoms with Gasteiger partial charge in [0.15, 0.2) is 0 Å². The zero-order chi connectivity index (χ0) is 11.8. The van der Waals surface area contributed by atoms with Gasteiger partial charge in [0.2, 0.25) is 0 Å². The average Bonchev–Trinajstić information content (AvgIpc) is 2.89. The number of fused-ring (bicyclic) bond motifs is 1. The molecule has 1 aromatic heterocycles. The van der Waals surface area contributed by atoms with Crippen molar-refractivity contribution in [2.75, 3.05) is 0 Å². The van der Waals surface area contributed by atoms with Crippen LogP contribution in [0.1, 0.15) is 17.0 Å². The largest absolute Gasteiger partial charge is 0.508 e. The fourth-order valence-electron chi connectivity index (χ4n) is 2.20. The van der Waals surface area contributed by atoms with E-state index in [1.807, 2.05) is 16.8 Å². The highest BCUT2D eigenvalue weighted by Crippen LogP contribution is 2.23. The van der Waals surface area contributed by atoms with Gasteiger partial charge in [-0.15, -0.1) is 0 Å². The van der Waals surface area contributed by atoms with Gasteiger partial charge in [0, 0.05) is 25.2 Å². The van der Waals surface area contributed by atoms with Gasteiger partial charge >= 0.3 is 0 Å². The molecule has 5 heteroatoms. The molecule has 0 spiro atoms. The Kier molecular flexibility index (Phi) is 2.35. The smallest absolute Gasteiger partial charge is 0.115 e. The summed E-state index contributed by atoms with van der Waals surface area (Å²) >= 11 is 0. The Morgan fingerprint density at radius 2 is 2.06 bits per heavy atom. The van der Waals surface area contributed by atoms with E-state index in [9.17, 15) is 5.11 Å². The maximum Gasteiger partial charge on any atom is 0.115 e. The number of rotatable bonds is 2. The Balaban J connectivity index is 2.11. The summed E-state index contributed by atoms with van der Waals surface area (Å²) in [5, 5.41) is 17.1. The summed E-state index contributed by atoms with van der Waals surface area (Å²) in [4.78, 5) is 0. The maximum absolute atomic E-state index is 9.28. The van der Waals surface area contributed by atoms with Crippen LogP contribution in [0.15, 0.2) is 24.3 Å². The zero-order valence-corrected chi connectivity index (χ0v) is 9.35. The Bertz CT molecular complexity index is 544. The molecule has 0 saturated heterocycles. The molecular formula is C12H14N4O. The minimum absolute atomic E-state index is 0.254. The second kappa shape index (κ2) is 3.87. The molecule has 3 rings (SSSR count). The summed E-state index contributed by atoms with van der Waals surface area (Å²) in [5.74, 6) is 0.254. The van der Waals surface area contributed by atoms with E-state index in [2.05, 4.69) is 10.4 Å². The number of phenols is 1. The van der Waals surface area contributed by atoms with Crippen LogP contribution < -0.4 is 11.1 Å². The van der Waals surface area contributed by atoms with Crippen molar-refractivity contribution in [3.05, 3.63) is 41.2 Å². The lowest BCUT2D eigenvalue weighted by Gasteiger charge is -2.07. The van der Waals surface area contributed by atoms with Crippen molar-refractivity contribution in [2.24, 2.45) is 5.73 Å². The van der Waals surface area contributed by atoms with Gasteiger partial charge in [0.25, 0.3) is 0 Å². The van der Waals surface area contributed by atoms with Crippen LogP contribution in [0.4, 0.5) is 0 Å². The van der Waals surface area contributed by atoms with Crippen molar-refractivity contribution in [1.82, 2.24) is 15.1 Å². The molecule has 0 fully saturated rings. The molecule has 2 heterocycles. The number of aromatic nitrogens is 2. The van der Waals surface area contributed by atoms with Crippen molar-refractivity contribution in [2.45, 2.75) is 19.6 Å². The molecule has 0 radical (unpaired) electrons. The Hall–Kier alpha value is -1.85. The second-order valence-electron chi connectivity index (χ2n) is 4.11. The molecule has 0 aliphatic carbocycles. The summed E-state index contributed by atoms with van der Waals surface area (Å²) in [6.07, 6.45) is 0. The molecule has 0 unspecified atom stereocenters. The van der Waals surface area contributed by atoms with Crippen molar-refractivity contribution in [3.63, 3.8) is 0 Å². The maximum atomic E-state index is 9.28. The van der Waals surface area contributed by atoms with Crippen LogP contribution in [0.25, 0.3) is 5.69 Å². The SMILES string of the molecule is NCc1c2c(nn1-c1ccc(O)cc1)CNC2. The lowest BCUT2D eigenvalue weighted by atomic mass is 10.2. The van der Waals surface area contributed by atoms with Crippen molar-refractivity contribution in [1.29, 1.82) is 0 Å². The molecular weight excluding hydrogens is 216 g/mol. The van der Waals surface area contributed by atoms with Crippen LogP contribution in [0.3, 0.4) is 0 Å². The number of nitrogens with one attached hydrogen (secondary N) is 1. The van der Waals surface area contributed by atoms with Crippen LogP contribution in [-0.4, -0.2) is 14.9 Å². The Morgan fingerprint density at radius 1 is 1.29 bits per heavy atom. The van der Waals surface area contributed by atoms with Crippen molar-refractivity contribution >= 4 is 0 Å². The quantitative estimate of drug-likeness (QED) is 0.707.